The molecule has 0 fully saturated rings. The van der Waals surface area contributed by atoms with Gasteiger partial charge in [-0.3, -0.25) is 0 Å². The van der Waals surface area contributed by atoms with Crippen LogP contribution in [-0.2, 0) is 0 Å². The van der Waals surface area contributed by atoms with Crippen molar-refractivity contribution in [3.05, 3.63) is 59.7 Å². The highest BCUT2D eigenvalue weighted by atomic mass is 35.7. The Bertz CT molecular complexity index is 699. The minimum Gasteiger partial charge on any atom is -0.222 e. The fraction of sp³-hybridized carbons (Fsp3) is 0.0714. The molecule has 0 radical (unpaired) electrons. The van der Waals surface area contributed by atoms with Gasteiger partial charge in [0.1, 0.15) is 0 Å². The first-order valence-corrected chi connectivity index (χ1v) is 9.00. The second kappa shape index (κ2) is 7.30. The van der Waals surface area contributed by atoms with Crippen LogP contribution in [0.4, 0.5) is 0 Å². The van der Waals surface area contributed by atoms with E-state index in [0.29, 0.717) is 0 Å². The Balaban J connectivity index is 0.000000309. The van der Waals surface area contributed by atoms with Gasteiger partial charge in [-0.05, 0) is 30.0 Å². The molecule has 0 unspecified atom stereocenters. The molecule has 0 saturated heterocycles. The average Bonchev–Trinajstić information content (AvgIpc) is 3.08. The van der Waals surface area contributed by atoms with Gasteiger partial charge in [-0.25, -0.2) is 18.6 Å². The fourth-order valence-corrected chi connectivity index (χ4v) is 3.47. The molecule has 3 aromatic heterocycles. The number of pyridine rings is 1. The maximum Gasteiger partial charge on any atom is 0.267 e. The number of halogens is 1. The molecule has 0 bridgehead atoms. The van der Waals surface area contributed by atoms with Crippen LogP contribution in [0, 0.1) is 17.2 Å². The lowest BCUT2D eigenvalue weighted by molar-refractivity contribution is -2.00. The normalized spacial score (nSPS) is 11.0. The van der Waals surface area contributed by atoms with Crippen molar-refractivity contribution in [2.24, 2.45) is 0 Å². The molecule has 3 heterocycles. The molecule has 0 aliphatic heterocycles. The number of aryl methyl sites for hydroxylation is 1. The number of hydrogen-bond donors (Lipinski definition) is 0. The number of nitrogens with zero attached hydrogens (tertiary/aromatic N) is 1. The highest BCUT2D eigenvalue weighted by Gasteiger charge is 2.10. The first-order valence-electron chi connectivity index (χ1n) is 6.07. The Kier molecular flexibility index (Phi) is 5.65. The summed E-state index contributed by atoms with van der Waals surface area (Å²) < 4.78 is 36.1. The van der Waals surface area contributed by atoms with E-state index in [0.717, 1.165) is 0 Å². The van der Waals surface area contributed by atoms with Crippen LogP contribution in [0.1, 0.15) is 5.56 Å². The Morgan fingerprint density at radius 2 is 1.55 bits per heavy atom. The Morgan fingerprint density at radius 3 is 2.09 bits per heavy atom. The van der Waals surface area contributed by atoms with Crippen molar-refractivity contribution in [2.75, 3.05) is 0 Å². The van der Waals surface area contributed by atoms with Gasteiger partial charge in [-0.1, -0.05) is 17.4 Å². The number of thiophene rings is 2. The molecule has 22 heavy (non-hydrogen) atoms. The summed E-state index contributed by atoms with van der Waals surface area (Å²) in [5.41, 5.74) is 1.29. The summed E-state index contributed by atoms with van der Waals surface area (Å²) >= 11 is 3.61. The van der Waals surface area contributed by atoms with Crippen LogP contribution in [0.15, 0.2) is 54.2 Å². The Morgan fingerprint density at radius 1 is 0.909 bits per heavy atom. The smallest absolute Gasteiger partial charge is 0.222 e. The van der Waals surface area contributed by atoms with Crippen LogP contribution in [0.25, 0.3) is 14.8 Å². The van der Waals surface area contributed by atoms with Crippen molar-refractivity contribution in [3.63, 3.8) is 0 Å². The predicted molar refractivity (Wildman–Crippen MR) is 73.9 cm³/mol. The largest absolute Gasteiger partial charge is 0.267 e. The number of hydrogen-bond acceptors (Lipinski definition) is 6. The molecule has 0 N–H and O–H groups in total. The minimum absolute atomic E-state index is 1.26. The Labute approximate surface area is 137 Å². The van der Waals surface area contributed by atoms with Crippen LogP contribution >= 0.6 is 22.7 Å². The van der Waals surface area contributed by atoms with Gasteiger partial charge < -0.3 is 0 Å². The molecular formula is C14H12ClNO4S2. The molecule has 3 rings (SSSR count). The van der Waals surface area contributed by atoms with Crippen molar-refractivity contribution in [1.29, 1.82) is 0 Å². The van der Waals surface area contributed by atoms with E-state index in [1.54, 1.807) is 11.3 Å². The van der Waals surface area contributed by atoms with Crippen molar-refractivity contribution in [2.45, 2.75) is 6.92 Å². The maximum atomic E-state index is 8.49. The lowest BCUT2D eigenvalue weighted by Gasteiger charge is -2.17. The molecule has 5 nitrogen and oxygen atoms in total. The molecule has 0 saturated carbocycles. The molecule has 0 aliphatic carbocycles. The summed E-state index contributed by atoms with van der Waals surface area (Å²) in [4.78, 5) is 2.68. The number of aromatic nitrogens is 1. The summed E-state index contributed by atoms with van der Waals surface area (Å²) in [5, 5.41) is 3.38. The molecule has 0 spiro atoms. The first-order chi connectivity index (χ1) is 10.3. The summed E-state index contributed by atoms with van der Waals surface area (Å²) in [6, 6.07) is 12.9. The summed E-state index contributed by atoms with van der Waals surface area (Å²) in [6.07, 6.45) is 4.22. The predicted octanol–water partition coefficient (Wildman–Crippen LogP) is -0.694. The van der Waals surface area contributed by atoms with Crippen molar-refractivity contribution >= 4 is 22.7 Å². The van der Waals surface area contributed by atoms with Gasteiger partial charge in [0.15, 0.2) is 12.4 Å². The van der Waals surface area contributed by atoms with Gasteiger partial charge in [-0.15, -0.1) is 21.6 Å². The highest BCUT2D eigenvalue weighted by Crippen LogP contribution is 2.31. The van der Waals surface area contributed by atoms with Gasteiger partial charge in [0.25, 0.3) is 5.00 Å². The molecular weight excluding hydrogens is 346 g/mol. The zero-order valence-electron chi connectivity index (χ0n) is 11.5. The second-order valence-electron chi connectivity index (χ2n) is 4.28. The van der Waals surface area contributed by atoms with Gasteiger partial charge in [0, 0.05) is 23.1 Å². The van der Waals surface area contributed by atoms with Gasteiger partial charge >= 0.3 is 0 Å². The van der Waals surface area contributed by atoms with Crippen LogP contribution in [0.3, 0.4) is 0 Å². The monoisotopic (exact) mass is 357 g/mol. The maximum absolute atomic E-state index is 8.49. The standard InChI is InChI=1S/C14H12NS2.ClHO4/c1-11-6-8-15(9-7-11)14-5-4-13(17-14)12-3-2-10-16-12;2-1(3,4)5/h2-10H,1H3;(H,2,3,4,5)/q+1;/p-1. The van der Waals surface area contributed by atoms with E-state index in [1.165, 1.54) is 20.3 Å². The molecule has 0 aromatic carbocycles. The lowest BCUT2D eigenvalue weighted by atomic mass is 10.3. The zero-order valence-corrected chi connectivity index (χ0v) is 13.9. The van der Waals surface area contributed by atoms with E-state index in [-0.39, 0.29) is 0 Å². The van der Waals surface area contributed by atoms with Gasteiger partial charge in [0.05, 0.1) is 4.88 Å². The summed E-state index contributed by atoms with van der Waals surface area (Å²) in [7, 11) is -4.94. The van der Waals surface area contributed by atoms with E-state index in [1.807, 2.05) is 11.3 Å². The molecule has 0 aliphatic rings. The topological polar surface area (TPSA) is 96.1 Å². The van der Waals surface area contributed by atoms with E-state index in [4.69, 9.17) is 18.6 Å². The third-order valence-electron chi connectivity index (χ3n) is 2.61. The minimum atomic E-state index is -4.94. The van der Waals surface area contributed by atoms with E-state index in [9.17, 15) is 0 Å². The van der Waals surface area contributed by atoms with Crippen molar-refractivity contribution in [1.82, 2.24) is 0 Å². The average molecular weight is 358 g/mol. The SMILES string of the molecule is Cc1cc[n+](-c2ccc(-c3cccs3)s2)cc1.[O-][Cl+3]([O-])([O-])[O-]. The summed E-state index contributed by atoms with van der Waals surface area (Å²) in [5.74, 6) is 0. The van der Waals surface area contributed by atoms with E-state index >= 15 is 0 Å². The van der Waals surface area contributed by atoms with E-state index in [2.05, 4.69) is 65.7 Å². The third-order valence-corrected chi connectivity index (χ3v) is 4.77. The zero-order chi connectivity index (χ0) is 16.2. The van der Waals surface area contributed by atoms with Crippen molar-refractivity contribution < 1.29 is 33.4 Å². The van der Waals surface area contributed by atoms with Crippen LogP contribution in [0.5, 0.6) is 0 Å². The van der Waals surface area contributed by atoms with Crippen LogP contribution in [-0.4, -0.2) is 0 Å². The molecule has 0 atom stereocenters. The van der Waals surface area contributed by atoms with E-state index < -0.39 is 10.2 Å². The molecule has 0 amide bonds. The molecule has 8 heteroatoms. The van der Waals surface area contributed by atoms with Crippen LogP contribution in [0.2, 0.25) is 0 Å². The second-order valence-corrected chi connectivity index (χ2v) is 7.04. The fourth-order valence-electron chi connectivity index (χ4n) is 1.67. The molecule has 3 aromatic rings. The van der Waals surface area contributed by atoms with Gasteiger partial charge in [0.2, 0.25) is 0 Å². The highest BCUT2D eigenvalue weighted by molar-refractivity contribution is 7.22. The van der Waals surface area contributed by atoms with Crippen LogP contribution < -0.4 is 23.2 Å². The first kappa shape index (κ1) is 17.0. The lowest BCUT2D eigenvalue weighted by Crippen LogP contribution is -2.68. The number of rotatable bonds is 2. The quantitative estimate of drug-likeness (QED) is 0.567. The van der Waals surface area contributed by atoms with Crippen molar-refractivity contribution in [3.8, 4) is 14.8 Å². The van der Waals surface area contributed by atoms with Gasteiger partial charge in [-0.2, -0.15) is 4.57 Å². The third kappa shape index (κ3) is 5.47. The molecule has 116 valence electrons. The Hall–Kier alpha value is -1.32. The summed E-state index contributed by atoms with van der Waals surface area (Å²) in [6.45, 7) is 2.11.